The average molecular weight is 334 g/mol. The van der Waals surface area contributed by atoms with Gasteiger partial charge >= 0.3 is 0 Å². The predicted octanol–water partition coefficient (Wildman–Crippen LogP) is 2.12. The fourth-order valence-corrected chi connectivity index (χ4v) is 2.40. The molecule has 1 aromatic heterocycles. The normalized spacial score (nSPS) is 10.1. The molecule has 0 unspecified atom stereocenters. The summed E-state index contributed by atoms with van der Waals surface area (Å²) in [4.78, 5) is 38.5. The van der Waals surface area contributed by atoms with Crippen molar-refractivity contribution < 1.29 is 14.5 Å². The molecule has 2 N–H and O–H groups in total. The molecule has 0 saturated carbocycles. The highest BCUT2D eigenvalue weighted by Crippen LogP contribution is 2.16. The molecule has 8 nitrogen and oxygen atoms in total. The number of carbonyl (C=O) groups excluding carboxylic acids is 2. The van der Waals surface area contributed by atoms with Crippen LogP contribution in [0.1, 0.15) is 21.7 Å². The Morgan fingerprint density at radius 3 is 2.57 bits per heavy atom. The summed E-state index contributed by atoms with van der Waals surface area (Å²) in [5, 5.41) is 16.3. The van der Waals surface area contributed by atoms with E-state index in [-0.39, 0.29) is 24.6 Å². The zero-order chi connectivity index (χ0) is 16.8. The van der Waals surface area contributed by atoms with Crippen LogP contribution in [0.4, 0.5) is 10.8 Å². The number of nitro benzene ring substituents is 1. The van der Waals surface area contributed by atoms with Gasteiger partial charge in [0.15, 0.2) is 5.13 Å². The number of aryl methyl sites for hydroxylation is 1. The second kappa shape index (κ2) is 7.45. The molecule has 0 aliphatic carbocycles. The van der Waals surface area contributed by atoms with E-state index >= 15 is 0 Å². The molecule has 2 rings (SSSR count). The van der Waals surface area contributed by atoms with Gasteiger partial charge in [-0.05, 0) is 19.1 Å². The lowest BCUT2D eigenvalue weighted by molar-refractivity contribution is -0.384. The third kappa shape index (κ3) is 4.85. The molecule has 0 bridgehead atoms. The van der Waals surface area contributed by atoms with Crippen molar-refractivity contribution in [1.82, 2.24) is 10.3 Å². The van der Waals surface area contributed by atoms with Crippen molar-refractivity contribution in [3.8, 4) is 0 Å². The van der Waals surface area contributed by atoms with E-state index in [4.69, 9.17) is 0 Å². The molecule has 0 atom stereocenters. The highest BCUT2D eigenvalue weighted by molar-refractivity contribution is 7.15. The van der Waals surface area contributed by atoms with Gasteiger partial charge in [-0.3, -0.25) is 19.7 Å². The van der Waals surface area contributed by atoms with Crippen LogP contribution in [0, 0.1) is 17.0 Å². The van der Waals surface area contributed by atoms with Crippen LogP contribution in [-0.2, 0) is 4.79 Å². The number of anilines is 1. The topological polar surface area (TPSA) is 114 Å². The number of hydrogen-bond acceptors (Lipinski definition) is 6. The summed E-state index contributed by atoms with van der Waals surface area (Å²) in [5.41, 5.74) is 0.214. The molecule has 2 amide bonds. The minimum Gasteiger partial charge on any atom is -0.352 e. The Balaban J connectivity index is 1.77. The molecule has 0 spiro atoms. The number of nitro groups is 1. The number of rotatable bonds is 6. The zero-order valence-electron chi connectivity index (χ0n) is 12.2. The Morgan fingerprint density at radius 2 is 2.00 bits per heavy atom. The second-order valence-corrected chi connectivity index (χ2v) is 5.87. The summed E-state index contributed by atoms with van der Waals surface area (Å²) >= 11 is 1.37. The summed E-state index contributed by atoms with van der Waals surface area (Å²) in [6, 6.07) is 5.25. The van der Waals surface area contributed by atoms with Gasteiger partial charge < -0.3 is 10.6 Å². The molecule has 0 aliphatic heterocycles. The highest BCUT2D eigenvalue weighted by Gasteiger charge is 2.10. The summed E-state index contributed by atoms with van der Waals surface area (Å²) in [6.07, 6.45) is 1.77. The number of thiazole rings is 1. The lowest BCUT2D eigenvalue weighted by atomic mass is 10.2. The van der Waals surface area contributed by atoms with E-state index < -0.39 is 10.8 Å². The Bertz CT molecular complexity index is 727. The minimum atomic E-state index is -0.535. The first-order valence-corrected chi connectivity index (χ1v) is 7.52. The predicted molar refractivity (Wildman–Crippen MR) is 85.5 cm³/mol. The number of aromatic nitrogens is 1. The quantitative estimate of drug-likeness (QED) is 0.620. The fraction of sp³-hybridized carbons (Fsp3) is 0.214. The third-order valence-corrected chi connectivity index (χ3v) is 3.67. The fourth-order valence-electron chi connectivity index (χ4n) is 1.72. The van der Waals surface area contributed by atoms with Crippen LogP contribution >= 0.6 is 11.3 Å². The first-order chi connectivity index (χ1) is 11.0. The van der Waals surface area contributed by atoms with E-state index in [0.717, 1.165) is 4.88 Å². The number of nitrogens with one attached hydrogen (secondary N) is 2. The van der Waals surface area contributed by atoms with Gasteiger partial charge in [-0.1, -0.05) is 0 Å². The standard InChI is InChI=1S/C14H14N4O4S/c1-9-8-16-14(23-9)17-12(19)6-7-15-13(20)10-2-4-11(5-3-10)18(21)22/h2-5,8H,6-7H2,1H3,(H,15,20)(H,16,17,19). The van der Waals surface area contributed by atoms with Crippen LogP contribution in [0.15, 0.2) is 30.5 Å². The summed E-state index contributed by atoms with van der Waals surface area (Å²) in [6.45, 7) is 2.05. The van der Waals surface area contributed by atoms with Crippen molar-refractivity contribution in [2.24, 2.45) is 0 Å². The number of hydrogen-bond donors (Lipinski definition) is 2. The number of nitrogens with zero attached hydrogens (tertiary/aromatic N) is 2. The Labute approximate surface area is 135 Å². The Morgan fingerprint density at radius 1 is 1.30 bits per heavy atom. The maximum Gasteiger partial charge on any atom is 0.269 e. The van der Waals surface area contributed by atoms with Gasteiger partial charge in [0.05, 0.1) is 4.92 Å². The van der Waals surface area contributed by atoms with Crippen molar-refractivity contribution in [3.05, 3.63) is 51.0 Å². The van der Waals surface area contributed by atoms with Crippen molar-refractivity contribution in [2.45, 2.75) is 13.3 Å². The van der Waals surface area contributed by atoms with E-state index in [1.807, 2.05) is 6.92 Å². The van der Waals surface area contributed by atoms with Gasteiger partial charge in [-0.15, -0.1) is 11.3 Å². The van der Waals surface area contributed by atoms with Gasteiger partial charge in [-0.25, -0.2) is 4.98 Å². The lowest BCUT2D eigenvalue weighted by Gasteiger charge is -2.05. The monoisotopic (exact) mass is 334 g/mol. The largest absolute Gasteiger partial charge is 0.352 e. The van der Waals surface area contributed by atoms with Gasteiger partial charge in [0, 0.05) is 41.7 Å². The lowest BCUT2D eigenvalue weighted by Crippen LogP contribution is -2.27. The van der Waals surface area contributed by atoms with Crippen LogP contribution in [0.5, 0.6) is 0 Å². The first kappa shape index (κ1) is 16.6. The molecule has 0 aliphatic rings. The van der Waals surface area contributed by atoms with Crippen molar-refractivity contribution >= 4 is 34.0 Å². The van der Waals surface area contributed by atoms with Gasteiger partial charge in [-0.2, -0.15) is 0 Å². The number of non-ortho nitro benzene ring substituents is 1. The van der Waals surface area contributed by atoms with Gasteiger partial charge in [0.2, 0.25) is 5.91 Å². The molecule has 0 fully saturated rings. The van der Waals surface area contributed by atoms with Crippen LogP contribution in [0.2, 0.25) is 0 Å². The smallest absolute Gasteiger partial charge is 0.269 e. The molecule has 9 heteroatoms. The van der Waals surface area contributed by atoms with E-state index in [1.54, 1.807) is 6.20 Å². The molecule has 1 aromatic carbocycles. The molecular formula is C14H14N4O4S. The van der Waals surface area contributed by atoms with Crippen LogP contribution in [-0.4, -0.2) is 28.3 Å². The average Bonchev–Trinajstić information content (AvgIpc) is 2.92. The van der Waals surface area contributed by atoms with Crippen LogP contribution < -0.4 is 10.6 Å². The first-order valence-electron chi connectivity index (χ1n) is 6.70. The molecular weight excluding hydrogens is 320 g/mol. The Hall–Kier alpha value is -2.81. The van der Waals surface area contributed by atoms with E-state index in [0.29, 0.717) is 10.7 Å². The van der Waals surface area contributed by atoms with Crippen molar-refractivity contribution in [1.29, 1.82) is 0 Å². The summed E-state index contributed by atoms with van der Waals surface area (Å²) in [5.74, 6) is -0.638. The van der Waals surface area contributed by atoms with Crippen molar-refractivity contribution in [2.75, 3.05) is 11.9 Å². The third-order valence-electron chi connectivity index (χ3n) is 2.85. The summed E-state index contributed by atoms with van der Waals surface area (Å²) in [7, 11) is 0. The van der Waals surface area contributed by atoms with Gasteiger partial charge in [0.1, 0.15) is 0 Å². The number of carbonyl (C=O) groups is 2. The second-order valence-electron chi connectivity index (χ2n) is 4.63. The van der Waals surface area contributed by atoms with Gasteiger partial charge in [0.25, 0.3) is 11.6 Å². The zero-order valence-corrected chi connectivity index (χ0v) is 13.1. The molecule has 0 radical (unpaired) electrons. The molecule has 1 heterocycles. The molecule has 23 heavy (non-hydrogen) atoms. The van der Waals surface area contributed by atoms with Crippen LogP contribution in [0.3, 0.4) is 0 Å². The summed E-state index contributed by atoms with van der Waals surface area (Å²) < 4.78 is 0. The maximum atomic E-state index is 11.8. The maximum absolute atomic E-state index is 11.8. The molecule has 2 aromatic rings. The van der Waals surface area contributed by atoms with Crippen LogP contribution in [0.25, 0.3) is 0 Å². The highest BCUT2D eigenvalue weighted by atomic mass is 32.1. The molecule has 0 saturated heterocycles. The minimum absolute atomic E-state index is 0.0836. The van der Waals surface area contributed by atoms with E-state index in [1.165, 1.54) is 35.6 Å². The SMILES string of the molecule is Cc1cnc(NC(=O)CCNC(=O)c2ccc([N+](=O)[O-])cc2)s1. The van der Waals surface area contributed by atoms with E-state index in [2.05, 4.69) is 15.6 Å². The Kier molecular flexibility index (Phi) is 5.36. The van der Waals surface area contributed by atoms with Crippen molar-refractivity contribution in [3.63, 3.8) is 0 Å². The number of benzene rings is 1. The number of amides is 2. The van der Waals surface area contributed by atoms with E-state index in [9.17, 15) is 19.7 Å². The molecule has 120 valence electrons.